The molecule has 0 radical (unpaired) electrons. The summed E-state index contributed by atoms with van der Waals surface area (Å²) >= 11 is 5.78. The number of rotatable bonds is 3. The highest BCUT2D eigenvalue weighted by molar-refractivity contribution is 7.89. The largest absolute Gasteiger partial charge is 0.325 e. The summed E-state index contributed by atoms with van der Waals surface area (Å²) in [5.41, 5.74) is 5.27. The summed E-state index contributed by atoms with van der Waals surface area (Å²) in [6, 6.07) is 3.10. The molecule has 1 aliphatic heterocycles. The summed E-state index contributed by atoms with van der Waals surface area (Å²) in [4.78, 5) is 9.75. The highest BCUT2D eigenvalue weighted by atomic mass is 35.5. The molecule has 0 amide bonds. The smallest absolute Gasteiger partial charge is 0.271 e. The number of nitrogens with two attached hydrogens (primary N) is 1. The van der Waals surface area contributed by atoms with E-state index in [2.05, 4.69) is 0 Å². The molecule has 1 aromatic carbocycles. The zero-order valence-electron chi connectivity index (χ0n) is 9.11. The standard InChI is InChI=1S/C9H10ClN3O4S/c10-8-3-7(13(14)15)1-2-9(8)18(16,17)12-4-6(11)5-12/h1-3,6H,4-5,11H2. The minimum Gasteiger partial charge on any atom is -0.325 e. The molecule has 98 valence electrons. The monoisotopic (exact) mass is 291 g/mol. The summed E-state index contributed by atoms with van der Waals surface area (Å²) in [6.07, 6.45) is 0. The van der Waals surface area contributed by atoms with Crippen LogP contribution in [0.15, 0.2) is 23.1 Å². The summed E-state index contributed by atoms with van der Waals surface area (Å²) in [5.74, 6) is 0. The van der Waals surface area contributed by atoms with Crippen molar-refractivity contribution >= 4 is 27.3 Å². The molecule has 1 aliphatic rings. The molecule has 7 nitrogen and oxygen atoms in total. The average Bonchev–Trinajstić information content (AvgIpc) is 2.24. The van der Waals surface area contributed by atoms with E-state index in [4.69, 9.17) is 17.3 Å². The van der Waals surface area contributed by atoms with E-state index in [1.54, 1.807) is 0 Å². The maximum atomic E-state index is 12.1. The van der Waals surface area contributed by atoms with Crippen LogP contribution in [0.4, 0.5) is 5.69 Å². The Balaban J connectivity index is 2.37. The van der Waals surface area contributed by atoms with Gasteiger partial charge in [-0.2, -0.15) is 4.31 Å². The Morgan fingerprint density at radius 1 is 1.44 bits per heavy atom. The Kier molecular flexibility index (Phi) is 3.28. The fourth-order valence-electron chi connectivity index (χ4n) is 1.62. The normalized spacial score (nSPS) is 17.4. The molecule has 0 saturated carbocycles. The van der Waals surface area contributed by atoms with Crippen LogP contribution in [0.1, 0.15) is 0 Å². The summed E-state index contributed by atoms with van der Waals surface area (Å²) in [6.45, 7) is 0.464. The van der Waals surface area contributed by atoms with Crippen molar-refractivity contribution in [3.63, 3.8) is 0 Å². The van der Waals surface area contributed by atoms with E-state index < -0.39 is 14.9 Å². The first-order chi connectivity index (χ1) is 8.32. The number of benzene rings is 1. The molecule has 1 aromatic rings. The van der Waals surface area contributed by atoms with Gasteiger partial charge in [0.05, 0.1) is 9.95 Å². The van der Waals surface area contributed by atoms with Crippen molar-refractivity contribution in [3.05, 3.63) is 33.3 Å². The molecule has 1 saturated heterocycles. The molecule has 0 spiro atoms. The van der Waals surface area contributed by atoms with Gasteiger partial charge < -0.3 is 5.73 Å². The van der Waals surface area contributed by atoms with Crippen LogP contribution in [0.5, 0.6) is 0 Å². The van der Waals surface area contributed by atoms with Crippen LogP contribution in [0.2, 0.25) is 5.02 Å². The Hall–Kier alpha value is -1.22. The van der Waals surface area contributed by atoms with Crippen molar-refractivity contribution in [2.45, 2.75) is 10.9 Å². The van der Waals surface area contributed by atoms with Gasteiger partial charge in [-0.05, 0) is 6.07 Å². The van der Waals surface area contributed by atoms with Crippen LogP contribution < -0.4 is 5.73 Å². The predicted octanol–water partition coefficient (Wildman–Crippen LogP) is 0.580. The van der Waals surface area contributed by atoms with E-state index in [1.807, 2.05) is 0 Å². The first-order valence-corrected chi connectivity index (χ1v) is 6.84. The Morgan fingerprint density at radius 3 is 2.50 bits per heavy atom. The highest BCUT2D eigenvalue weighted by Crippen LogP contribution is 2.30. The lowest BCUT2D eigenvalue weighted by Gasteiger charge is -2.35. The first-order valence-electron chi connectivity index (χ1n) is 5.02. The van der Waals surface area contributed by atoms with E-state index in [0.717, 1.165) is 18.2 Å². The Labute approximate surface area is 108 Å². The second-order valence-electron chi connectivity index (χ2n) is 3.95. The van der Waals surface area contributed by atoms with Gasteiger partial charge in [-0.3, -0.25) is 10.1 Å². The van der Waals surface area contributed by atoms with E-state index in [9.17, 15) is 18.5 Å². The van der Waals surface area contributed by atoms with Crippen molar-refractivity contribution in [2.75, 3.05) is 13.1 Å². The molecule has 0 aliphatic carbocycles. The number of nitro groups is 1. The van der Waals surface area contributed by atoms with Crippen molar-refractivity contribution < 1.29 is 13.3 Å². The third kappa shape index (κ3) is 2.19. The Bertz CT molecular complexity index is 598. The predicted molar refractivity (Wildman–Crippen MR) is 64.8 cm³/mol. The van der Waals surface area contributed by atoms with Crippen LogP contribution in [0.25, 0.3) is 0 Å². The number of hydrogen-bond acceptors (Lipinski definition) is 5. The van der Waals surface area contributed by atoms with E-state index in [0.29, 0.717) is 0 Å². The van der Waals surface area contributed by atoms with Gasteiger partial charge in [0.2, 0.25) is 10.0 Å². The topological polar surface area (TPSA) is 107 Å². The van der Waals surface area contributed by atoms with Gasteiger partial charge in [0, 0.05) is 31.3 Å². The Morgan fingerprint density at radius 2 is 2.06 bits per heavy atom. The second kappa shape index (κ2) is 4.47. The molecule has 2 rings (SSSR count). The molecular weight excluding hydrogens is 282 g/mol. The van der Waals surface area contributed by atoms with Crippen molar-refractivity contribution in [1.29, 1.82) is 0 Å². The van der Waals surface area contributed by atoms with Gasteiger partial charge in [0.1, 0.15) is 4.90 Å². The lowest BCUT2D eigenvalue weighted by Crippen LogP contribution is -2.57. The van der Waals surface area contributed by atoms with Gasteiger partial charge in [-0.25, -0.2) is 8.42 Å². The number of hydrogen-bond donors (Lipinski definition) is 1. The van der Waals surface area contributed by atoms with Crippen molar-refractivity contribution in [2.24, 2.45) is 5.73 Å². The number of nitrogens with zero attached hydrogens (tertiary/aromatic N) is 2. The quantitative estimate of drug-likeness (QED) is 0.647. The van der Waals surface area contributed by atoms with Crippen molar-refractivity contribution in [3.8, 4) is 0 Å². The number of halogens is 1. The summed E-state index contributed by atoms with van der Waals surface area (Å²) < 4.78 is 25.3. The van der Waals surface area contributed by atoms with Crippen LogP contribution in [-0.2, 0) is 10.0 Å². The SMILES string of the molecule is NC1CN(S(=O)(=O)c2ccc([N+](=O)[O-])cc2Cl)C1. The van der Waals surface area contributed by atoms with Crippen LogP contribution in [0, 0.1) is 10.1 Å². The molecule has 0 unspecified atom stereocenters. The fraction of sp³-hybridized carbons (Fsp3) is 0.333. The zero-order chi connectivity index (χ0) is 13.5. The maximum absolute atomic E-state index is 12.1. The molecule has 1 fully saturated rings. The van der Waals surface area contributed by atoms with Gasteiger partial charge in [-0.1, -0.05) is 11.6 Å². The van der Waals surface area contributed by atoms with Crippen LogP contribution in [-0.4, -0.2) is 36.8 Å². The molecule has 2 N–H and O–H groups in total. The van der Waals surface area contributed by atoms with Crippen LogP contribution >= 0.6 is 11.6 Å². The summed E-state index contributed by atoms with van der Waals surface area (Å²) in [7, 11) is -3.71. The minimum absolute atomic E-state index is 0.137. The zero-order valence-corrected chi connectivity index (χ0v) is 10.7. The molecule has 0 atom stereocenters. The van der Waals surface area contributed by atoms with Crippen molar-refractivity contribution in [1.82, 2.24) is 4.31 Å². The van der Waals surface area contributed by atoms with Gasteiger partial charge in [0.25, 0.3) is 5.69 Å². The van der Waals surface area contributed by atoms with Gasteiger partial charge in [-0.15, -0.1) is 0 Å². The lowest BCUT2D eigenvalue weighted by molar-refractivity contribution is -0.384. The van der Waals surface area contributed by atoms with Crippen LogP contribution in [0.3, 0.4) is 0 Å². The number of nitro benzene ring substituents is 1. The first kappa shape index (κ1) is 13.2. The van der Waals surface area contributed by atoms with Gasteiger partial charge >= 0.3 is 0 Å². The second-order valence-corrected chi connectivity index (χ2v) is 6.27. The van der Waals surface area contributed by atoms with Gasteiger partial charge in [0.15, 0.2) is 0 Å². The number of sulfonamides is 1. The molecular formula is C9H10ClN3O4S. The molecule has 1 heterocycles. The van der Waals surface area contributed by atoms with E-state index in [-0.39, 0.29) is 34.7 Å². The average molecular weight is 292 g/mol. The minimum atomic E-state index is -3.71. The van der Waals surface area contributed by atoms with E-state index >= 15 is 0 Å². The molecule has 0 bridgehead atoms. The fourth-order valence-corrected chi connectivity index (χ4v) is 3.68. The van der Waals surface area contributed by atoms with E-state index in [1.165, 1.54) is 4.31 Å². The third-order valence-corrected chi connectivity index (χ3v) is 4.93. The number of non-ortho nitro benzene ring substituents is 1. The molecule has 18 heavy (non-hydrogen) atoms. The maximum Gasteiger partial charge on any atom is 0.271 e. The highest BCUT2D eigenvalue weighted by Gasteiger charge is 2.36. The lowest BCUT2D eigenvalue weighted by atomic mass is 10.2. The third-order valence-electron chi connectivity index (χ3n) is 2.62. The summed E-state index contributed by atoms with van der Waals surface area (Å²) in [5, 5.41) is 10.4. The molecule has 9 heteroatoms. The molecule has 0 aromatic heterocycles.